The second-order valence-corrected chi connectivity index (χ2v) is 5.43. The first-order valence-electron chi connectivity index (χ1n) is 7.64. The van der Waals surface area contributed by atoms with E-state index >= 15 is 0 Å². The third-order valence-electron chi connectivity index (χ3n) is 4.12. The molecule has 1 aromatic heterocycles. The van der Waals surface area contributed by atoms with Gasteiger partial charge in [0.15, 0.2) is 5.76 Å². The molecule has 0 bridgehead atoms. The minimum Gasteiger partial charge on any atom is -0.496 e. The summed E-state index contributed by atoms with van der Waals surface area (Å²) in [5.41, 5.74) is 1.51. The van der Waals surface area contributed by atoms with Gasteiger partial charge in [-0.2, -0.15) is 0 Å². The highest BCUT2D eigenvalue weighted by molar-refractivity contribution is 5.97. The Morgan fingerprint density at radius 3 is 3.00 bits per heavy atom. The van der Waals surface area contributed by atoms with Crippen LogP contribution in [0.4, 0.5) is 0 Å². The Morgan fingerprint density at radius 1 is 1.45 bits per heavy atom. The fraction of sp³-hybridized carbons (Fsp3) is 0.412. The molecular weight excluding hydrogens is 280 g/mol. The van der Waals surface area contributed by atoms with Gasteiger partial charge in [0.1, 0.15) is 5.75 Å². The van der Waals surface area contributed by atoms with Crippen LogP contribution in [-0.2, 0) is 6.42 Å². The Bertz CT molecular complexity index is 665. The topological polar surface area (TPSA) is 55.6 Å². The van der Waals surface area contributed by atoms with E-state index in [1.165, 1.54) is 0 Å². The Balaban J connectivity index is 1.87. The van der Waals surface area contributed by atoms with Gasteiger partial charge in [0.25, 0.3) is 5.91 Å². The number of likely N-dealkylation sites (tertiary alicyclic amines) is 1. The van der Waals surface area contributed by atoms with Gasteiger partial charge < -0.3 is 14.2 Å². The lowest BCUT2D eigenvalue weighted by molar-refractivity contribution is 0.0711. The number of methoxy groups -OCH3 is 1. The van der Waals surface area contributed by atoms with Crippen LogP contribution in [0.5, 0.6) is 5.75 Å². The van der Waals surface area contributed by atoms with Gasteiger partial charge in [-0.3, -0.25) is 4.79 Å². The van der Waals surface area contributed by atoms with Crippen LogP contribution in [0.3, 0.4) is 0 Å². The molecule has 0 spiro atoms. The number of benzene rings is 1. The Hall–Kier alpha value is -2.30. The van der Waals surface area contributed by atoms with Crippen molar-refractivity contribution in [3.63, 3.8) is 0 Å². The van der Waals surface area contributed by atoms with E-state index in [9.17, 15) is 4.79 Å². The zero-order valence-electron chi connectivity index (χ0n) is 12.9. The van der Waals surface area contributed by atoms with E-state index in [1.807, 2.05) is 36.1 Å². The van der Waals surface area contributed by atoms with Crippen molar-refractivity contribution < 1.29 is 14.1 Å². The maximum absolute atomic E-state index is 12.9. The quantitative estimate of drug-likeness (QED) is 0.870. The van der Waals surface area contributed by atoms with Crippen molar-refractivity contribution in [2.75, 3.05) is 13.7 Å². The number of hydrogen-bond donors (Lipinski definition) is 0. The summed E-state index contributed by atoms with van der Waals surface area (Å²) in [5.74, 6) is 1.36. The molecule has 0 saturated carbocycles. The zero-order chi connectivity index (χ0) is 15.5. The number of hydrogen-bond acceptors (Lipinski definition) is 4. The molecule has 0 N–H and O–H groups in total. The van der Waals surface area contributed by atoms with Gasteiger partial charge in [0.2, 0.25) is 0 Å². The summed E-state index contributed by atoms with van der Waals surface area (Å²) in [5, 5.41) is 4.04. The van der Waals surface area contributed by atoms with Gasteiger partial charge in [-0.1, -0.05) is 24.2 Å². The van der Waals surface area contributed by atoms with Crippen LogP contribution < -0.4 is 4.74 Å². The number of carbonyl (C=O) groups excluding carboxylic acids is 1. The number of para-hydroxylation sites is 1. The molecule has 1 fully saturated rings. The third-order valence-corrected chi connectivity index (χ3v) is 4.12. The zero-order valence-corrected chi connectivity index (χ0v) is 12.9. The van der Waals surface area contributed by atoms with Crippen LogP contribution in [0.1, 0.15) is 47.6 Å². The molecule has 2 heterocycles. The lowest BCUT2D eigenvalue weighted by Crippen LogP contribution is -2.30. The number of rotatable bonds is 4. The highest BCUT2D eigenvalue weighted by atomic mass is 16.5. The first-order chi connectivity index (χ1) is 10.7. The third kappa shape index (κ3) is 2.58. The largest absolute Gasteiger partial charge is 0.496 e. The molecule has 1 saturated heterocycles. The van der Waals surface area contributed by atoms with Gasteiger partial charge in [-0.05, 0) is 31.4 Å². The van der Waals surface area contributed by atoms with Gasteiger partial charge in [-0.15, -0.1) is 0 Å². The molecule has 22 heavy (non-hydrogen) atoms. The lowest BCUT2D eigenvalue weighted by atomic mass is 10.1. The first kappa shape index (κ1) is 14.6. The van der Waals surface area contributed by atoms with Crippen LogP contribution in [0.25, 0.3) is 0 Å². The highest BCUT2D eigenvalue weighted by Gasteiger charge is 2.34. The SMILES string of the molecule is CCc1cc([C@H]2CCCN2C(=O)c2ccccc2OC)on1. The summed E-state index contributed by atoms with van der Waals surface area (Å²) in [6.07, 6.45) is 2.70. The van der Waals surface area contributed by atoms with Crippen molar-refractivity contribution in [3.05, 3.63) is 47.3 Å². The molecule has 1 aliphatic rings. The van der Waals surface area contributed by atoms with Crippen LogP contribution in [-0.4, -0.2) is 29.6 Å². The maximum atomic E-state index is 12.9. The van der Waals surface area contributed by atoms with Crippen LogP contribution in [0.2, 0.25) is 0 Å². The summed E-state index contributed by atoms with van der Waals surface area (Å²) in [4.78, 5) is 14.7. The van der Waals surface area contributed by atoms with Crippen molar-refractivity contribution in [1.82, 2.24) is 10.1 Å². The molecule has 5 nitrogen and oxygen atoms in total. The van der Waals surface area contributed by atoms with Gasteiger partial charge in [-0.25, -0.2) is 0 Å². The second-order valence-electron chi connectivity index (χ2n) is 5.43. The minimum atomic E-state index is -0.0368. The first-order valence-corrected chi connectivity index (χ1v) is 7.64. The summed E-state index contributed by atoms with van der Waals surface area (Å²) < 4.78 is 10.7. The van der Waals surface area contributed by atoms with Crippen LogP contribution >= 0.6 is 0 Å². The van der Waals surface area contributed by atoms with E-state index in [0.717, 1.165) is 37.3 Å². The summed E-state index contributed by atoms with van der Waals surface area (Å²) in [6, 6.07) is 9.24. The average molecular weight is 300 g/mol. The van der Waals surface area contributed by atoms with Crippen LogP contribution in [0.15, 0.2) is 34.9 Å². The average Bonchev–Trinajstić information content (AvgIpc) is 3.22. The molecule has 1 aliphatic heterocycles. The number of carbonyl (C=O) groups is 1. The Kier molecular flexibility index (Phi) is 4.13. The van der Waals surface area contributed by atoms with E-state index in [2.05, 4.69) is 5.16 Å². The molecule has 0 aliphatic carbocycles. The van der Waals surface area contributed by atoms with Gasteiger partial charge >= 0.3 is 0 Å². The predicted octanol–water partition coefficient (Wildman–Crippen LogP) is 3.22. The van der Waals surface area contributed by atoms with Crippen molar-refractivity contribution in [3.8, 4) is 5.75 Å². The molecule has 1 amide bonds. The van der Waals surface area contributed by atoms with Crippen molar-refractivity contribution in [2.24, 2.45) is 0 Å². The molecule has 1 atom stereocenters. The molecule has 2 aromatic rings. The van der Waals surface area contributed by atoms with Crippen molar-refractivity contribution in [1.29, 1.82) is 0 Å². The molecule has 3 rings (SSSR count). The lowest BCUT2D eigenvalue weighted by Gasteiger charge is -2.23. The molecule has 0 unspecified atom stereocenters. The number of amides is 1. The fourth-order valence-corrected chi connectivity index (χ4v) is 2.93. The van der Waals surface area contributed by atoms with E-state index in [1.54, 1.807) is 13.2 Å². The van der Waals surface area contributed by atoms with E-state index in [0.29, 0.717) is 11.3 Å². The number of nitrogens with zero attached hydrogens (tertiary/aromatic N) is 2. The smallest absolute Gasteiger partial charge is 0.258 e. The van der Waals surface area contributed by atoms with E-state index < -0.39 is 0 Å². The van der Waals surface area contributed by atoms with Crippen LogP contribution in [0, 0.1) is 0 Å². The molecular formula is C17H20N2O3. The predicted molar refractivity (Wildman–Crippen MR) is 81.9 cm³/mol. The monoisotopic (exact) mass is 300 g/mol. The Morgan fingerprint density at radius 2 is 2.27 bits per heavy atom. The highest BCUT2D eigenvalue weighted by Crippen LogP contribution is 2.34. The number of aromatic nitrogens is 1. The normalized spacial score (nSPS) is 17.7. The summed E-state index contributed by atoms with van der Waals surface area (Å²) >= 11 is 0. The van der Waals surface area contributed by atoms with Gasteiger partial charge in [0.05, 0.1) is 24.4 Å². The Labute approximate surface area is 129 Å². The van der Waals surface area contributed by atoms with E-state index in [-0.39, 0.29) is 11.9 Å². The standard InChI is InChI=1S/C17H20N2O3/c1-3-12-11-16(22-18-12)14-8-6-10-19(14)17(20)13-7-4-5-9-15(13)21-2/h4-5,7,9,11,14H,3,6,8,10H2,1-2H3/t14-/m1/s1. The maximum Gasteiger partial charge on any atom is 0.258 e. The summed E-state index contributed by atoms with van der Waals surface area (Å²) in [7, 11) is 1.58. The molecule has 116 valence electrons. The summed E-state index contributed by atoms with van der Waals surface area (Å²) in [6.45, 7) is 2.76. The van der Waals surface area contributed by atoms with Crippen molar-refractivity contribution in [2.45, 2.75) is 32.2 Å². The second kappa shape index (κ2) is 6.22. The van der Waals surface area contributed by atoms with Gasteiger partial charge in [0, 0.05) is 12.6 Å². The molecule has 0 radical (unpaired) electrons. The van der Waals surface area contributed by atoms with E-state index in [4.69, 9.17) is 9.26 Å². The van der Waals surface area contributed by atoms with Crippen molar-refractivity contribution >= 4 is 5.91 Å². The fourth-order valence-electron chi connectivity index (χ4n) is 2.93. The number of ether oxygens (including phenoxy) is 1. The molecule has 1 aromatic carbocycles. The number of aryl methyl sites for hydroxylation is 1. The minimum absolute atomic E-state index is 0.0191. The molecule has 5 heteroatoms.